The molecular formula is C7H5BrOS. The summed E-state index contributed by atoms with van der Waals surface area (Å²) in [7, 11) is 0. The molecule has 1 aromatic heterocycles. The summed E-state index contributed by atoms with van der Waals surface area (Å²) in [4.78, 5) is 11.0. The van der Waals surface area contributed by atoms with Crippen LogP contribution >= 0.6 is 27.3 Å². The van der Waals surface area contributed by atoms with Crippen LogP contribution in [0.15, 0.2) is 22.0 Å². The molecule has 0 amide bonds. The second kappa shape index (κ2) is 3.68. The smallest absolute Gasteiger partial charge is 0.142 e. The van der Waals surface area contributed by atoms with Gasteiger partial charge >= 0.3 is 0 Å². The van der Waals surface area contributed by atoms with Crippen LogP contribution in [-0.2, 0) is 4.79 Å². The first-order valence-electron chi connectivity index (χ1n) is 2.70. The number of rotatable bonds is 2. The van der Waals surface area contributed by atoms with E-state index < -0.39 is 0 Å². The molecule has 0 bridgehead atoms. The topological polar surface area (TPSA) is 17.1 Å². The van der Waals surface area contributed by atoms with E-state index in [2.05, 4.69) is 15.9 Å². The van der Waals surface area contributed by atoms with Gasteiger partial charge in [0.15, 0.2) is 0 Å². The molecule has 0 atom stereocenters. The highest BCUT2D eigenvalue weighted by molar-refractivity contribution is 9.11. The summed E-state index contributed by atoms with van der Waals surface area (Å²) in [6, 6.07) is 3.91. The van der Waals surface area contributed by atoms with Crippen molar-refractivity contribution in [3.8, 4) is 0 Å². The molecule has 1 heterocycles. The van der Waals surface area contributed by atoms with Crippen molar-refractivity contribution in [1.82, 2.24) is 0 Å². The Bertz CT molecular complexity index is 252. The summed E-state index contributed by atoms with van der Waals surface area (Å²) in [5.74, 6) is 0. The zero-order valence-corrected chi connectivity index (χ0v) is 7.48. The summed E-state index contributed by atoms with van der Waals surface area (Å²) in [5.41, 5.74) is 0. The predicted molar refractivity (Wildman–Crippen MR) is 47.1 cm³/mol. The van der Waals surface area contributed by atoms with Gasteiger partial charge in [0, 0.05) is 4.88 Å². The summed E-state index contributed by atoms with van der Waals surface area (Å²) in [5, 5.41) is 0. The van der Waals surface area contributed by atoms with Gasteiger partial charge in [-0.2, -0.15) is 0 Å². The van der Waals surface area contributed by atoms with Gasteiger partial charge in [-0.15, -0.1) is 11.3 Å². The Labute approximate surface area is 71.5 Å². The molecule has 1 nitrogen and oxygen atoms in total. The van der Waals surface area contributed by atoms with Gasteiger partial charge in [-0.25, -0.2) is 0 Å². The third kappa shape index (κ3) is 2.08. The number of allylic oxidation sites excluding steroid dienone is 1. The van der Waals surface area contributed by atoms with Gasteiger partial charge in [0.05, 0.1) is 3.79 Å². The Kier molecular flexibility index (Phi) is 2.83. The van der Waals surface area contributed by atoms with Crippen molar-refractivity contribution < 1.29 is 4.79 Å². The van der Waals surface area contributed by atoms with Crippen molar-refractivity contribution in [3.63, 3.8) is 0 Å². The van der Waals surface area contributed by atoms with Crippen LogP contribution in [0, 0.1) is 0 Å². The average Bonchev–Trinajstić information content (AvgIpc) is 2.31. The quantitative estimate of drug-likeness (QED) is 0.549. The second-order valence-electron chi connectivity index (χ2n) is 1.64. The molecule has 0 saturated heterocycles. The Morgan fingerprint density at radius 2 is 2.30 bits per heavy atom. The summed E-state index contributed by atoms with van der Waals surface area (Å²) in [6.45, 7) is 0. The van der Waals surface area contributed by atoms with Crippen molar-refractivity contribution in [3.05, 3.63) is 26.9 Å². The van der Waals surface area contributed by atoms with E-state index in [1.165, 1.54) is 6.08 Å². The van der Waals surface area contributed by atoms with Gasteiger partial charge in [0.1, 0.15) is 6.29 Å². The summed E-state index contributed by atoms with van der Waals surface area (Å²) < 4.78 is 1.08. The molecule has 0 aliphatic heterocycles. The number of hydrogen-bond donors (Lipinski definition) is 0. The number of carbonyl (C=O) groups is 1. The maximum Gasteiger partial charge on any atom is 0.142 e. The van der Waals surface area contributed by atoms with E-state index in [9.17, 15) is 4.79 Å². The Morgan fingerprint density at radius 3 is 2.80 bits per heavy atom. The van der Waals surface area contributed by atoms with E-state index in [-0.39, 0.29) is 0 Å². The second-order valence-corrected chi connectivity index (χ2v) is 4.13. The van der Waals surface area contributed by atoms with Crippen LogP contribution in [-0.4, -0.2) is 6.29 Å². The van der Waals surface area contributed by atoms with E-state index in [0.29, 0.717) is 0 Å². The van der Waals surface area contributed by atoms with Gasteiger partial charge in [-0.3, -0.25) is 4.79 Å². The molecular weight excluding hydrogens is 212 g/mol. The number of hydrogen-bond acceptors (Lipinski definition) is 2. The largest absolute Gasteiger partial charge is 0.299 e. The third-order valence-corrected chi connectivity index (χ3v) is 2.52. The van der Waals surface area contributed by atoms with Crippen molar-refractivity contribution in [2.45, 2.75) is 0 Å². The van der Waals surface area contributed by atoms with Gasteiger partial charge < -0.3 is 0 Å². The molecule has 0 aliphatic rings. The maximum absolute atomic E-state index is 9.89. The van der Waals surface area contributed by atoms with Crippen molar-refractivity contribution >= 4 is 39.6 Å². The van der Waals surface area contributed by atoms with E-state index >= 15 is 0 Å². The van der Waals surface area contributed by atoms with Crippen molar-refractivity contribution in [2.24, 2.45) is 0 Å². The lowest BCUT2D eigenvalue weighted by molar-refractivity contribution is -0.104. The monoisotopic (exact) mass is 216 g/mol. The number of carbonyl (C=O) groups excluding carboxylic acids is 1. The van der Waals surface area contributed by atoms with E-state index in [1.807, 2.05) is 12.1 Å². The SMILES string of the molecule is O=CC=Cc1ccc(Br)s1. The molecule has 3 heteroatoms. The molecule has 1 rings (SSSR count). The minimum atomic E-state index is 0.771. The first kappa shape index (κ1) is 7.69. The molecule has 1 aromatic rings. The van der Waals surface area contributed by atoms with Crippen LogP contribution < -0.4 is 0 Å². The van der Waals surface area contributed by atoms with Gasteiger partial charge in [0.2, 0.25) is 0 Å². The van der Waals surface area contributed by atoms with E-state index in [4.69, 9.17) is 0 Å². The molecule has 0 aromatic carbocycles. The molecule has 0 unspecified atom stereocenters. The molecule has 10 heavy (non-hydrogen) atoms. The van der Waals surface area contributed by atoms with Gasteiger partial charge in [-0.05, 0) is 40.2 Å². The normalized spacial score (nSPS) is 10.5. The molecule has 0 N–H and O–H groups in total. The zero-order valence-electron chi connectivity index (χ0n) is 5.08. The van der Waals surface area contributed by atoms with Crippen LogP contribution in [0.3, 0.4) is 0 Å². The van der Waals surface area contributed by atoms with Crippen LogP contribution in [0.25, 0.3) is 6.08 Å². The highest BCUT2D eigenvalue weighted by atomic mass is 79.9. The summed E-state index contributed by atoms with van der Waals surface area (Å²) in [6.07, 6.45) is 4.04. The molecule has 0 saturated carbocycles. The fraction of sp³-hybridized carbons (Fsp3) is 0. The fourth-order valence-electron chi connectivity index (χ4n) is 0.552. The molecule has 52 valence electrons. The van der Waals surface area contributed by atoms with Crippen LogP contribution in [0.5, 0.6) is 0 Å². The zero-order chi connectivity index (χ0) is 7.40. The van der Waals surface area contributed by atoms with Crippen molar-refractivity contribution in [1.29, 1.82) is 0 Å². The summed E-state index contributed by atoms with van der Waals surface area (Å²) >= 11 is 4.92. The first-order chi connectivity index (χ1) is 4.83. The lowest BCUT2D eigenvalue weighted by Crippen LogP contribution is -1.58. The molecule has 0 aliphatic carbocycles. The Balaban J connectivity index is 2.75. The molecule has 0 spiro atoms. The maximum atomic E-state index is 9.89. The standard InChI is InChI=1S/C7H5BrOS/c8-7-4-3-6(10-7)2-1-5-9/h1-5H. The fourth-order valence-corrected chi connectivity index (χ4v) is 1.89. The number of thiophene rings is 1. The highest BCUT2D eigenvalue weighted by Gasteiger charge is 1.90. The highest BCUT2D eigenvalue weighted by Crippen LogP contribution is 2.22. The minimum absolute atomic E-state index is 0.771. The van der Waals surface area contributed by atoms with Crippen LogP contribution in [0.1, 0.15) is 4.88 Å². The van der Waals surface area contributed by atoms with Gasteiger partial charge in [-0.1, -0.05) is 0 Å². The van der Waals surface area contributed by atoms with Crippen LogP contribution in [0.4, 0.5) is 0 Å². The lowest BCUT2D eigenvalue weighted by atomic mass is 10.4. The van der Waals surface area contributed by atoms with E-state index in [1.54, 1.807) is 17.4 Å². The Morgan fingerprint density at radius 1 is 1.50 bits per heavy atom. The van der Waals surface area contributed by atoms with E-state index in [0.717, 1.165) is 14.9 Å². The van der Waals surface area contributed by atoms with Gasteiger partial charge in [0.25, 0.3) is 0 Å². The number of aldehydes is 1. The van der Waals surface area contributed by atoms with Crippen LogP contribution in [0.2, 0.25) is 0 Å². The molecule has 0 fully saturated rings. The first-order valence-corrected chi connectivity index (χ1v) is 4.31. The average molecular weight is 217 g/mol. The number of halogens is 1. The predicted octanol–water partition coefficient (Wildman–Crippen LogP) is 2.72. The Hall–Kier alpha value is -0.410. The van der Waals surface area contributed by atoms with Crippen molar-refractivity contribution in [2.75, 3.05) is 0 Å². The molecule has 0 radical (unpaired) electrons. The third-order valence-electron chi connectivity index (χ3n) is 0.933. The minimum Gasteiger partial charge on any atom is -0.299 e. The lowest BCUT2D eigenvalue weighted by Gasteiger charge is -1.76.